The van der Waals surface area contributed by atoms with E-state index in [4.69, 9.17) is 0 Å². The van der Waals surface area contributed by atoms with Crippen LogP contribution in [-0.2, 0) is 0 Å². The summed E-state index contributed by atoms with van der Waals surface area (Å²) in [5, 5.41) is 0. The number of aryl methyl sites for hydroxylation is 2. The van der Waals surface area contributed by atoms with Crippen molar-refractivity contribution in [3.63, 3.8) is 0 Å². The number of hydrogen-bond acceptors (Lipinski definition) is 4. The molecule has 0 atom stereocenters. The molecular formula is C48H35B5N4. The van der Waals surface area contributed by atoms with Gasteiger partial charge in [-0.2, -0.15) is 0 Å². The molecule has 8 aliphatic heterocycles. The third-order valence-corrected chi connectivity index (χ3v) is 15.7. The molecule has 0 spiro atoms. The second-order valence-electron chi connectivity index (χ2n) is 18.3. The van der Waals surface area contributed by atoms with Crippen LogP contribution >= 0.6 is 0 Å². The number of anilines is 10. The van der Waals surface area contributed by atoms with Crippen LogP contribution < -0.4 is 90.6 Å². The van der Waals surface area contributed by atoms with Crippen LogP contribution in [0.3, 0.4) is 0 Å². The van der Waals surface area contributed by atoms with E-state index in [1.54, 1.807) is 0 Å². The topological polar surface area (TPSA) is 13.0 Å². The minimum Gasteiger partial charge on any atom is -0.345 e. The van der Waals surface area contributed by atoms with Gasteiger partial charge in [-0.05, 0) is 87.3 Å². The summed E-state index contributed by atoms with van der Waals surface area (Å²) in [7, 11) is 4.56. The van der Waals surface area contributed by atoms with E-state index in [0.717, 1.165) is 0 Å². The molecule has 15 rings (SSSR count). The van der Waals surface area contributed by atoms with Crippen LogP contribution in [0.25, 0.3) is 0 Å². The van der Waals surface area contributed by atoms with Gasteiger partial charge in [-0.25, -0.2) is 0 Å². The molecule has 0 aliphatic carbocycles. The number of nitrogens with zero attached hydrogens (tertiary/aromatic N) is 4. The van der Waals surface area contributed by atoms with Crippen molar-refractivity contribution in [3.05, 3.63) is 114 Å². The molecule has 9 heteroatoms. The Labute approximate surface area is 335 Å². The van der Waals surface area contributed by atoms with E-state index in [0.29, 0.717) is 0 Å². The normalized spacial score (nSPS) is 16.3. The van der Waals surface area contributed by atoms with Crippen molar-refractivity contribution in [2.24, 2.45) is 0 Å². The van der Waals surface area contributed by atoms with E-state index in [-0.39, 0.29) is 33.6 Å². The second kappa shape index (κ2) is 9.43. The highest BCUT2D eigenvalue weighted by Crippen LogP contribution is 2.49. The maximum atomic E-state index is 2.79. The van der Waals surface area contributed by atoms with Crippen molar-refractivity contribution < 1.29 is 0 Å². The molecule has 0 aromatic heterocycles. The van der Waals surface area contributed by atoms with Crippen LogP contribution in [0.2, 0.25) is 13.6 Å². The van der Waals surface area contributed by atoms with Gasteiger partial charge in [0.05, 0.1) is 0 Å². The predicted octanol–water partition coefficient (Wildman–Crippen LogP) is 1.31. The second-order valence-corrected chi connectivity index (χ2v) is 18.3. The molecule has 0 saturated heterocycles. The first kappa shape index (κ1) is 30.2. The van der Waals surface area contributed by atoms with Crippen LogP contribution in [0, 0.1) is 13.8 Å². The maximum absolute atomic E-state index is 2.79. The summed E-state index contributed by atoms with van der Waals surface area (Å²) in [5.41, 5.74) is 35.6. The van der Waals surface area contributed by atoms with E-state index in [1.807, 2.05) is 0 Å². The smallest absolute Gasteiger partial charge is 0.252 e. The third-order valence-electron chi connectivity index (χ3n) is 15.7. The zero-order chi connectivity index (χ0) is 37.7. The summed E-state index contributed by atoms with van der Waals surface area (Å²) >= 11 is 0. The van der Waals surface area contributed by atoms with E-state index >= 15 is 0 Å². The SMILES string of the molecule is CB1c2cc(C)cc3c2N2c4c1ccc1c4B(c4ccccc4N1C)c1cc4c5c(c12)B3c1cc(C)cc2c1N5c1c(ccc3c1B4c1ccccc1N3C)B2C. The summed E-state index contributed by atoms with van der Waals surface area (Å²) in [6, 6.07) is 41.1. The van der Waals surface area contributed by atoms with Gasteiger partial charge < -0.3 is 19.6 Å². The molecule has 0 radical (unpaired) electrons. The monoisotopic (exact) mass is 722 g/mol. The number of fused-ring (bicyclic) bond motifs is 8. The molecule has 8 heterocycles. The number of hydrogen-bond donors (Lipinski definition) is 0. The summed E-state index contributed by atoms with van der Waals surface area (Å²) in [4.78, 5) is 10.5. The molecule has 262 valence electrons. The molecule has 0 N–H and O–H groups in total. The summed E-state index contributed by atoms with van der Waals surface area (Å²) < 4.78 is 0. The van der Waals surface area contributed by atoms with Crippen LogP contribution in [0.15, 0.2) is 103 Å². The maximum Gasteiger partial charge on any atom is 0.252 e. The third kappa shape index (κ3) is 3.07. The van der Waals surface area contributed by atoms with Gasteiger partial charge in [-0.3, -0.25) is 0 Å². The van der Waals surface area contributed by atoms with E-state index < -0.39 is 0 Å². The lowest BCUT2D eigenvalue weighted by atomic mass is 9.23. The lowest BCUT2D eigenvalue weighted by Gasteiger charge is -2.56. The predicted molar refractivity (Wildman–Crippen MR) is 250 cm³/mol. The summed E-state index contributed by atoms with van der Waals surface area (Å²) in [6.07, 6.45) is 0. The van der Waals surface area contributed by atoms with Crippen molar-refractivity contribution in [3.8, 4) is 0 Å². The minimum atomic E-state index is 0.126. The molecule has 7 aromatic carbocycles. The van der Waals surface area contributed by atoms with E-state index in [1.165, 1.54) is 139 Å². The highest BCUT2D eigenvalue weighted by atomic mass is 15.2. The highest BCUT2D eigenvalue weighted by molar-refractivity contribution is 7.09. The Kier molecular flexibility index (Phi) is 5.00. The van der Waals surface area contributed by atoms with E-state index in [2.05, 4.69) is 164 Å². The molecule has 0 fully saturated rings. The van der Waals surface area contributed by atoms with Gasteiger partial charge in [0.1, 0.15) is 0 Å². The quantitative estimate of drug-likeness (QED) is 0.219. The standard InChI is InChI=1S/C48H35B5N4/c1-24-19-30-43-32(21-24)53-33-22-25(2)20-31-44(33)57-46-29(50(31)4)16-18-39-41(46)52(27-12-8-10-14-37(27)55(39)6)35-23-34-47(42(53)48(35)57)56(43)45-28(49(30)3)15-17-38-40(45)51(34)26-11-7-9-13-36(26)54(38)5/h7-23H,1-6H3. The fourth-order valence-corrected chi connectivity index (χ4v) is 13.6. The highest BCUT2D eigenvalue weighted by Gasteiger charge is 2.58. The van der Waals surface area contributed by atoms with Crippen molar-refractivity contribution in [1.29, 1.82) is 0 Å². The Morgan fingerprint density at radius 3 is 1.21 bits per heavy atom. The van der Waals surface area contributed by atoms with Crippen LogP contribution in [0.1, 0.15) is 11.1 Å². The molecule has 0 amide bonds. The fraction of sp³-hybridized carbons (Fsp3) is 0.125. The largest absolute Gasteiger partial charge is 0.345 e. The molecule has 7 aromatic rings. The van der Waals surface area contributed by atoms with Gasteiger partial charge in [0.2, 0.25) is 13.4 Å². The number of rotatable bonds is 0. The van der Waals surface area contributed by atoms with Crippen LogP contribution in [0.5, 0.6) is 0 Å². The molecule has 8 aliphatic rings. The number of benzene rings is 7. The molecule has 0 unspecified atom stereocenters. The summed E-state index contributed by atoms with van der Waals surface area (Å²) in [5.74, 6) is 0. The first-order chi connectivity index (χ1) is 27.8. The van der Waals surface area contributed by atoms with Crippen LogP contribution in [0.4, 0.5) is 56.9 Å². The Hall–Kier alpha value is -5.94. The zero-order valence-electron chi connectivity index (χ0n) is 33.0. The van der Waals surface area contributed by atoms with Crippen molar-refractivity contribution in [2.75, 3.05) is 33.7 Å². The summed E-state index contributed by atoms with van der Waals surface area (Å²) in [6.45, 7) is 10.5. The van der Waals surface area contributed by atoms with Gasteiger partial charge in [0.15, 0.2) is 0 Å². The van der Waals surface area contributed by atoms with Crippen molar-refractivity contribution >= 4 is 161 Å². The first-order valence-electron chi connectivity index (χ1n) is 20.9. The average Bonchev–Trinajstić information content (AvgIpc) is 3.22. The first-order valence-corrected chi connectivity index (χ1v) is 20.9. The molecular weight excluding hydrogens is 687 g/mol. The van der Waals surface area contributed by atoms with Crippen molar-refractivity contribution in [2.45, 2.75) is 27.5 Å². The average molecular weight is 722 g/mol. The van der Waals surface area contributed by atoms with Crippen molar-refractivity contribution in [1.82, 2.24) is 0 Å². The molecule has 0 saturated carbocycles. The van der Waals surface area contributed by atoms with Gasteiger partial charge >= 0.3 is 0 Å². The van der Waals surface area contributed by atoms with E-state index in [9.17, 15) is 0 Å². The molecule has 57 heavy (non-hydrogen) atoms. The lowest BCUT2D eigenvalue weighted by Crippen LogP contribution is -2.76. The lowest BCUT2D eigenvalue weighted by molar-refractivity contribution is 1.20. The van der Waals surface area contributed by atoms with Gasteiger partial charge in [0.25, 0.3) is 20.1 Å². The Balaban J connectivity index is 1.19. The Morgan fingerprint density at radius 1 is 0.351 bits per heavy atom. The Bertz CT molecular complexity index is 2990. The van der Waals surface area contributed by atoms with Gasteiger partial charge in [-0.15, -0.1) is 0 Å². The van der Waals surface area contributed by atoms with Gasteiger partial charge in [0, 0.05) is 71.0 Å². The molecule has 4 nitrogen and oxygen atoms in total. The number of para-hydroxylation sites is 2. The van der Waals surface area contributed by atoms with Gasteiger partial charge in [-0.1, -0.05) is 125 Å². The van der Waals surface area contributed by atoms with Crippen LogP contribution in [-0.4, -0.2) is 47.7 Å². The minimum absolute atomic E-state index is 0.126. The zero-order valence-corrected chi connectivity index (χ0v) is 33.0. The Morgan fingerprint density at radius 2 is 0.737 bits per heavy atom. The molecule has 0 bridgehead atoms. The fourth-order valence-electron chi connectivity index (χ4n) is 13.6.